The predicted molar refractivity (Wildman–Crippen MR) is 110 cm³/mol. The van der Waals surface area contributed by atoms with Crippen LogP contribution in [-0.2, 0) is 11.3 Å². The van der Waals surface area contributed by atoms with E-state index in [-0.39, 0.29) is 30.3 Å². The van der Waals surface area contributed by atoms with Crippen LogP contribution in [0.2, 0.25) is 0 Å². The summed E-state index contributed by atoms with van der Waals surface area (Å²) in [5.41, 5.74) is 2.18. The van der Waals surface area contributed by atoms with Crippen LogP contribution in [0, 0.1) is 0 Å². The number of aromatic nitrogens is 3. The van der Waals surface area contributed by atoms with E-state index < -0.39 is 6.36 Å². The number of amides is 1. The van der Waals surface area contributed by atoms with Crippen molar-refractivity contribution in [2.24, 2.45) is 0 Å². The minimum atomic E-state index is -4.78. The average Bonchev–Trinajstić information content (AvgIpc) is 3.10. The molecule has 168 valence electrons. The highest BCUT2D eigenvalue weighted by Crippen LogP contribution is 2.32. The standard InChI is InChI=1S/C21H20F3N5O3/c1-2-18(31)26-11-17-19-16(27-12-9-14(30)10-12)7-8-25-20(19)29(28-17)13-3-5-15(6-4-13)32-21(22,23)24/h2-8,12,14,30H,1,9-11H2,(H,25,27)(H,26,31). The molecule has 1 aromatic carbocycles. The molecule has 2 heterocycles. The van der Waals surface area contributed by atoms with Crippen LogP contribution in [0.4, 0.5) is 18.9 Å². The summed E-state index contributed by atoms with van der Waals surface area (Å²) in [4.78, 5) is 16.1. The fourth-order valence-corrected chi connectivity index (χ4v) is 3.50. The van der Waals surface area contributed by atoms with E-state index in [0.717, 1.165) is 11.8 Å². The number of alkyl halides is 3. The van der Waals surface area contributed by atoms with Crippen molar-refractivity contribution < 1.29 is 27.8 Å². The Kier molecular flexibility index (Phi) is 5.74. The van der Waals surface area contributed by atoms with E-state index in [1.165, 1.54) is 28.9 Å². The number of fused-ring (bicyclic) bond motifs is 1. The number of rotatable bonds is 7. The van der Waals surface area contributed by atoms with Crippen molar-refractivity contribution in [3.63, 3.8) is 0 Å². The molecule has 1 amide bonds. The normalized spacial score (nSPS) is 18.1. The Labute approximate surface area is 180 Å². The Bertz CT molecular complexity index is 1140. The summed E-state index contributed by atoms with van der Waals surface area (Å²) in [6.45, 7) is 3.52. The van der Waals surface area contributed by atoms with Gasteiger partial charge in [-0.15, -0.1) is 13.2 Å². The van der Waals surface area contributed by atoms with Gasteiger partial charge in [0.1, 0.15) is 5.75 Å². The molecule has 32 heavy (non-hydrogen) atoms. The van der Waals surface area contributed by atoms with Crippen LogP contribution < -0.4 is 15.4 Å². The number of pyridine rings is 1. The number of ether oxygens (including phenoxy) is 1. The third-order valence-corrected chi connectivity index (χ3v) is 5.04. The van der Waals surface area contributed by atoms with Gasteiger partial charge in [0, 0.05) is 17.9 Å². The van der Waals surface area contributed by atoms with Crippen LogP contribution >= 0.6 is 0 Å². The summed E-state index contributed by atoms with van der Waals surface area (Å²) >= 11 is 0. The van der Waals surface area contributed by atoms with Crippen molar-refractivity contribution in [1.29, 1.82) is 0 Å². The number of carbonyl (C=O) groups is 1. The molecule has 4 rings (SSSR count). The number of carbonyl (C=O) groups excluding carboxylic acids is 1. The number of nitrogens with one attached hydrogen (secondary N) is 2. The van der Waals surface area contributed by atoms with Crippen LogP contribution in [0.1, 0.15) is 18.5 Å². The highest BCUT2D eigenvalue weighted by atomic mass is 19.4. The summed E-state index contributed by atoms with van der Waals surface area (Å²) in [6.07, 6.45) is -1.16. The fraction of sp³-hybridized carbons (Fsp3) is 0.286. The maximum atomic E-state index is 12.4. The number of halogens is 3. The van der Waals surface area contributed by atoms with Gasteiger partial charge in [-0.05, 0) is 49.2 Å². The molecule has 1 saturated carbocycles. The first kappa shape index (κ1) is 21.6. The molecule has 3 aromatic rings. The summed E-state index contributed by atoms with van der Waals surface area (Å²) in [6, 6.07) is 7.11. The van der Waals surface area contributed by atoms with Gasteiger partial charge in [0.2, 0.25) is 5.91 Å². The van der Waals surface area contributed by atoms with E-state index in [2.05, 4.69) is 32.0 Å². The largest absolute Gasteiger partial charge is 0.573 e. The van der Waals surface area contributed by atoms with E-state index in [1.807, 2.05) is 0 Å². The summed E-state index contributed by atoms with van der Waals surface area (Å²) in [5.74, 6) is -0.725. The zero-order valence-corrected chi connectivity index (χ0v) is 16.8. The van der Waals surface area contributed by atoms with Crippen LogP contribution in [0.25, 0.3) is 16.7 Å². The van der Waals surface area contributed by atoms with Gasteiger partial charge in [-0.25, -0.2) is 9.67 Å². The molecule has 1 aliphatic carbocycles. The lowest BCUT2D eigenvalue weighted by Gasteiger charge is -2.33. The van der Waals surface area contributed by atoms with Crippen molar-refractivity contribution in [3.8, 4) is 11.4 Å². The van der Waals surface area contributed by atoms with Gasteiger partial charge in [0.15, 0.2) is 5.65 Å². The van der Waals surface area contributed by atoms with E-state index in [4.69, 9.17) is 0 Å². The minimum Gasteiger partial charge on any atom is -0.406 e. The first-order valence-electron chi connectivity index (χ1n) is 9.81. The summed E-state index contributed by atoms with van der Waals surface area (Å²) < 4.78 is 42.8. The smallest absolute Gasteiger partial charge is 0.406 e. The van der Waals surface area contributed by atoms with Crippen molar-refractivity contribution in [2.75, 3.05) is 5.32 Å². The molecule has 1 fully saturated rings. The third-order valence-electron chi connectivity index (χ3n) is 5.04. The summed E-state index contributed by atoms with van der Waals surface area (Å²) in [5, 5.41) is 20.8. The lowest BCUT2D eigenvalue weighted by Crippen LogP contribution is -2.39. The van der Waals surface area contributed by atoms with Crippen LogP contribution in [0.3, 0.4) is 0 Å². The summed E-state index contributed by atoms with van der Waals surface area (Å²) in [7, 11) is 0. The molecular weight excluding hydrogens is 427 g/mol. The van der Waals surface area contributed by atoms with Crippen molar-refractivity contribution in [3.05, 3.63) is 54.9 Å². The first-order valence-corrected chi connectivity index (χ1v) is 9.81. The molecule has 0 spiro atoms. The topological polar surface area (TPSA) is 101 Å². The van der Waals surface area contributed by atoms with Gasteiger partial charge in [-0.3, -0.25) is 4.79 Å². The second kappa shape index (κ2) is 8.50. The number of benzene rings is 1. The van der Waals surface area contributed by atoms with Crippen LogP contribution in [0.5, 0.6) is 5.75 Å². The Morgan fingerprint density at radius 2 is 2.00 bits per heavy atom. The Hall–Kier alpha value is -3.60. The van der Waals surface area contributed by atoms with Gasteiger partial charge < -0.3 is 20.5 Å². The number of anilines is 1. The highest BCUT2D eigenvalue weighted by Gasteiger charge is 2.31. The van der Waals surface area contributed by atoms with Crippen molar-refractivity contribution >= 4 is 22.6 Å². The molecule has 0 atom stereocenters. The van der Waals surface area contributed by atoms with E-state index >= 15 is 0 Å². The van der Waals surface area contributed by atoms with Crippen LogP contribution in [0.15, 0.2) is 49.2 Å². The zero-order chi connectivity index (χ0) is 22.9. The number of nitrogens with zero attached hydrogens (tertiary/aromatic N) is 3. The Morgan fingerprint density at radius 3 is 2.62 bits per heavy atom. The molecule has 1 aliphatic rings. The quantitative estimate of drug-likeness (QED) is 0.482. The van der Waals surface area contributed by atoms with E-state index in [1.54, 1.807) is 12.3 Å². The molecule has 2 aromatic heterocycles. The maximum Gasteiger partial charge on any atom is 0.573 e. The van der Waals surface area contributed by atoms with Gasteiger partial charge in [0.05, 0.1) is 29.4 Å². The Morgan fingerprint density at radius 1 is 1.28 bits per heavy atom. The molecule has 0 unspecified atom stereocenters. The number of aliphatic hydroxyl groups is 1. The Balaban J connectivity index is 1.72. The van der Waals surface area contributed by atoms with Gasteiger partial charge in [-0.1, -0.05) is 6.58 Å². The average molecular weight is 447 g/mol. The SMILES string of the molecule is C=CC(=O)NCc1nn(-c2ccc(OC(F)(F)F)cc2)c2nccc(NC3CC(O)C3)c12. The molecule has 11 heteroatoms. The maximum absolute atomic E-state index is 12.4. The molecule has 0 bridgehead atoms. The van der Waals surface area contributed by atoms with Gasteiger partial charge in [-0.2, -0.15) is 5.10 Å². The second-order valence-electron chi connectivity index (χ2n) is 7.35. The van der Waals surface area contributed by atoms with Gasteiger partial charge >= 0.3 is 6.36 Å². The van der Waals surface area contributed by atoms with Crippen LogP contribution in [-0.4, -0.2) is 44.3 Å². The second-order valence-corrected chi connectivity index (χ2v) is 7.35. The van der Waals surface area contributed by atoms with Crippen molar-refractivity contribution in [1.82, 2.24) is 20.1 Å². The molecule has 0 aliphatic heterocycles. The zero-order valence-electron chi connectivity index (χ0n) is 16.8. The minimum absolute atomic E-state index is 0.0911. The monoisotopic (exact) mass is 447 g/mol. The lowest BCUT2D eigenvalue weighted by atomic mass is 9.89. The van der Waals surface area contributed by atoms with E-state index in [9.17, 15) is 23.1 Å². The first-order chi connectivity index (χ1) is 15.2. The lowest BCUT2D eigenvalue weighted by molar-refractivity contribution is -0.274. The van der Waals surface area contributed by atoms with Crippen molar-refractivity contribution in [2.45, 2.75) is 37.9 Å². The molecule has 8 nitrogen and oxygen atoms in total. The molecule has 0 radical (unpaired) electrons. The molecule has 3 N–H and O–H groups in total. The fourth-order valence-electron chi connectivity index (χ4n) is 3.50. The van der Waals surface area contributed by atoms with Gasteiger partial charge in [0.25, 0.3) is 0 Å². The number of hydrogen-bond donors (Lipinski definition) is 3. The predicted octanol–water partition coefficient (Wildman–Crippen LogP) is 3.06. The number of hydrogen-bond acceptors (Lipinski definition) is 6. The number of aliphatic hydroxyl groups excluding tert-OH is 1. The highest BCUT2D eigenvalue weighted by molar-refractivity contribution is 5.93. The van der Waals surface area contributed by atoms with E-state index in [0.29, 0.717) is 35.3 Å². The molecule has 0 saturated heterocycles. The molecular formula is C21H20F3N5O3. The third kappa shape index (κ3) is 4.67.